The molecule has 2 aromatic rings. The zero-order valence-electron chi connectivity index (χ0n) is 15.9. The SMILES string of the molecule is CC(=O)N(CCC(=O)NC(C)C)c1ccc(OCc2ccc(Cl)cc2)cc1. The molecule has 0 aromatic heterocycles. The van der Waals surface area contributed by atoms with E-state index in [-0.39, 0.29) is 24.3 Å². The topological polar surface area (TPSA) is 58.6 Å². The largest absolute Gasteiger partial charge is 0.489 e. The lowest BCUT2D eigenvalue weighted by Gasteiger charge is -2.21. The Kier molecular flexibility index (Phi) is 7.67. The Labute approximate surface area is 165 Å². The number of rotatable bonds is 8. The predicted molar refractivity (Wildman–Crippen MR) is 108 cm³/mol. The predicted octanol–water partition coefficient (Wildman–Crippen LogP) is 4.19. The molecule has 144 valence electrons. The van der Waals surface area contributed by atoms with Crippen LogP contribution in [0.4, 0.5) is 5.69 Å². The zero-order valence-corrected chi connectivity index (χ0v) is 16.6. The van der Waals surface area contributed by atoms with Gasteiger partial charge in [-0.1, -0.05) is 23.7 Å². The van der Waals surface area contributed by atoms with Gasteiger partial charge >= 0.3 is 0 Å². The summed E-state index contributed by atoms with van der Waals surface area (Å²) in [6, 6.07) is 14.8. The third kappa shape index (κ3) is 6.94. The summed E-state index contributed by atoms with van der Waals surface area (Å²) in [6.45, 7) is 6.07. The molecule has 6 heteroatoms. The van der Waals surface area contributed by atoms with Gasteiger partial charge in [0.25, 0.3) is 0 Å². The maximum Gasteiger partial charge on any atom is 0.223 e. The molecule has 0 unspecified atom stereocenters. The van der Waals surface area contributed by atoms with Crippen LogP contribution in [0.1, 0.15) is 32.8 Å². The molecule has 1 N–H and O–H groups in total. The number of benzene rings is 2. The number of halogens is 1. The van der Waals surface area contributed by atoms with Crippen molar-refractivity contribution >= 4 is 29.1 Å². The molecule has 0 saturated carbocycles. The molecule has 0 aliphatic carbocycles. The first kappa shape index (κ1) is 20.8. The molecule has 0 saturated heterocycles. The van der Waals surface area contributed by atoms with Crippen LogP contribution in [0.5, 0.6) is 5.75 Å². The smallest absolute Gasteiger partial charge is 0.223 e. The van der Waals surface area contributed by atoms with Gasteiger partial charge in [0.15, 0.2) is 0 Å². The van der Waals surface area contributed by atoms with E-state index in [1.54, 1.807) is 4.90 Å². The summed E-state index contributed by atoms with van der Waals surface area (Å²) in [4.78, 5) is 25.4. The highest BCUT2D eigenvalue weighted by Gasteiger charge is 2.14. The first-order valence-corrected chi connectivity index (χ1v) is 9.27. The first-order chi connectivity index (χ1) is 12.8. The Morgan fingerprint density at radius 3 is 2.26 bits per heavy atom. The van der Waals surface area contributed by atoms with Gasteiger partial charge in [-0.05, 0) is 55.8 Å². The van der Waals surface area contributed by atoms with Crippen LogP contribution in [-0.4, -0.2) is 24.4 Å². The van der Waals surface area contributed by atoms with Crippen LogP contribution in [0.15, 0.2) is 48.5 Å². The van der Waals surface area contributed by atoms with Gasteiger partial charge in [-0.2, -0.15) is 0 Å². The summed E-state index contributed by atoms with van der Waals surface area (Å²) in [5, 5.41) is 3.52. The van der Waals surface area contributed by atoms with E-state index in [1.165, 1.54) is 6.92 Å². The van der Waals surface area contributed by atoms with Crippen LogP contribution < -0.4 is 15.0 Å². The highest BCUT2D eigenvalue weighted by molar-refractivity contribution is 6.30. The number of nitrogens with zero attached hydrogens (tertiary/aromatic N) is 1. The maximum absolute atomic E-state index is 12.0. The van der Waals surface area contributed by atoms with E-state index < -0.39 is 0 Å². The molecular formula is C21H25ClN2O3. The van der Waals surface area contributed by atoms with Crippen molar-refractivity contribution in [2.45, 2.75) is 39.8 Å². The van der Waals surface area contributed by atoms with Crippen LogP contribution in [0.2, 0.25) is 5.02 Å². The summed E-state index contributed by atoms with van der Waals surface area (Å²) in [5.74, 6) is 0.524. The Morgan fingerprint density at radius 1 is 1.07 bits per heavy atom. The molecular weight excluding hydrogens is 364 g/mol. The number of hydrogen-bond donors (Lipinski definition) is 1. The van der Waals surface area contributed by atoms with Crippen molar-refractivity contribution in [3.05, 3.63) is 59.1 Å². The van der Waals surface area contributed by atoms with Crippen molar-refractivity contribution in [3.63, 3.8) is 0 Å². The van der Waals surface area contributed by atoms with Crippen molar-refractivity contribution in [1.29, 1.82) is 0 Å². The zero-order chi connectivity index (χ0) is 19.8. The highest BCUT2D eigenvalue weighted by Crippen LogP contribution is 2.21. The molecule has 0 spiro atoms. The molecule has 0 radical (unpaired) electrons. The Balaban J connectivity index is 1.94. The maximum atomic E-state index is 12.0. The molecule has 2 amide bonds. The van der Waals surface area contributed by atoms with Gasteiger partial charge in [-0.3, -0.25) is 9.59 Å². The van der Waals surface area contributed by atoms with Gasteiger partial charge in [0.1, 0.15) is 12.4 Å². The van der Waals surface area contributed by atoms with E-state index in [4.69, 9.17) is 16.3 Å². The molecule has 27 heavy (non-hydrogen) atoms. The van der Waals surface area contributed by atoms with Crippen molar-refractivity contribution in [2.75, 3.05) is 11.4 Å². The van der Waals surface area contributed by atoms with E-state index in [1.807, 2.05) is 62.4 Å². The third-order valence-corrected chi connectivity index (χ3v) is 4.11. The average molecular weight is 389 g/mol. The minimum absolute atomic E-state index is 0.0702. The molecule has 0 atom stereocenters. The fourth-order valence-corrected chi connectivity index (χ4v) is 2.67. The summed E-state index contributed by atoms with van der Waals surface area (Å²) in [6.07, 6.45) is 0.257. The van der Waals surface area contributed by atoms with Gasteiger partial charge < -0.3 is 15.0 Å². The van der Waals surface area contributed by atoms with Gasteiger partial charge in [0.05, 0.1) is 0 Å². The van der Waals surface area contributed by atoms with E-state index in [9.17, 15) is 9.59 Å². The van der Waals surface area contributed by atoms with Crippen LogP contribution in [-0.2, 0) is 16.2 Å². The number of nitrogens with one attached hydrogen (secondary N) is 1. The third-order valence-electron chi connectivity index (χ3n) is 3.86. The summed E-state index contributed by atoms with van der Waals surface area (Å²) in [5.41, 5.74) is 1.75. The summed E-state index contributed by atoms with van der Waals surface area (Å²) >= 11 is 5.87. The molecule has 0 bridgehead atoms. The lowest BCUT2D eigenvalue weighted by atomic mass is 10.2. The quantitative estimate of drug-likeness (QED) is 0.737. The van der Waals surface area contributed by atoms with E-state index >= 15 is 0 Å². The molecule has 5 nitrogen and oxygen atoms in total. The van der Waals surface area contributed by atoms with Gasteiger partial charge in [0.2, 0.25) is 11.8 Å². The number of anilines is 1. The second-order valence-electron chi connectivity index (χ2n) is 6.55. The number of amides is 2. The van der Waals surface area contributed by atoms with Gasteiger partial charge in [-0.15, -0.1) is 0 Å². The van der Waals surface area contributed by atoms with E-state index in [2.05, 4.69) is 5.32 Å². The van der Waals surface area contributed by atoms with Crippen LogP contribution in [0.3, 0.4) is 0 Å². The fraction of sp³-hybridized carbons (Fsp3) is 0.333. The van der Waals surface area contributed by atoms with Gasteiger partial charge in [-0.25, -0.2) is 0 Å². The van der Waals surface area contributed by atoms with Crippen molar-refractivity contribution < 1.29 is 14.3 Å². The lowest BCUT2D eigenvalue weighted by molar-refractivity contribution is -0.121. The monoisotopic (exact) mass is 388 g/mol. The number of carbonyl (C=O) groups is 2. The molecule has 2 aromatic carbocycles. The normalized spacial score (nSPS) is 10.6. The van der Waals surface area contributed by atoms with Gasteiger partial charge in [0, 0.05) is 36.6 Å². The minimum atomic E-state index is -0.109. The first-order valence-electron chi connectivity index (χ1n) is 8.90. The Hall–Kier alpha value is -2.53. The van der Waals surface area contributed by atoms with Crippen LogP contribution in [0, 0.1) is 0 Å². The highest BCUT2D eigenvalue weighted by atomic mass is 35.5. The molecule has 0 fully saturated rings. The standard InChI is InChI=1S/C21H25ClN2O3/c1-15(2)23-21(26)12-13-24(16(3)25)19-8-10-20(11-9-19)27-14-17-4-6-18(22)7-5-17/h4-11,15H,12-14H2,1-3H3,(H,23,26). The second kappa shape index (κ2) is 9.97. The molecule has 2 rings (SSSR count). The number of hydrogen-bond acceptors (Lipinski definition) is 3. The molecule has 0 heterocycles. The molecule has 0 aliphatic heterocycles. The van der Waals surface area contributed by atoms with Crippen LogP contribution in [0.25, 0.3) is 0 Å². The van der Waals surface area contributed by atoms with Crippen molar-refractivity contribution in [2.24, 2.45) is 0 Å². The summed E-state index contributed by atoms with van der Waals surface area (Å²) in [7, 11) is 0. The van der Waals surface area contributed by atoms with Crippen molar-refractivity contribution in [1.82, 2.24) is 5.32 Å². The van der Waals surface area contributed by atoms with E-state index in [0.717, 1.165) is 11.3 Å². The second-order valence-corrected chi connectivity index (χ2v) is 6.99. The Bertz CT molecular complexity index is 758. The average Bonchev–Trinajstić information content (AvgIpc) is 2.61. The lowest BCUT2D eigenvalue weighted by Crippen LogP contribution is -2.36. The molecule has 0 aliphatic rings. The minimum Gasteiger partial charge on any atom is -0.489 e. The summed E-state index contributed by atoms with van der Waals surface area (Å²) < 4.78 is 5.76. The number of ether oxygens (including phenoxy) is 1. The fourth-order valence-electron chi connectivity index (χ4n) is 2.55. The van der Waals surface area contributed by atoms with Crippen molar-refractivity contribution in [3.8, 4) is 5.75 Å². The van der Waals surface area contributed by atoms with Crippen LogP contribution >= 0.6 is 11.6 Å². The number of carbonyl (C=O) groups excluding carboxylic acids is 2. The Morgan fingerprint density at radius 2 is 1.70 bits per heavy atom. The van der Waals surface area contributed by atoms with E-state index in [0.29, 0.717) is 23.9 Å².